The van der Waals surface area contributed by atoms with Crippen LogP contribution in [0, 0.1) is 0 Å². The fourth-order valence-electron chi connectivity index (χ4n) is 3.34. The van der Waals surface area contributed by atoms with Crippen molar-refractivity contribution in [2.75, 3.05) is 18.0 Å². The average Bonchev–Trinajstić information content (AvgIpc) is 3.01. The van der Waals surface area contributed by atoms with E-state index in [0.717, 1.165) is 35.5 Å². The molecule has 0 radical (unpaired) electrons. The molecule has 0 atom stereocenters. The van der Waals surface area contributed by atoms with Crippen molar-refractivity contribution in [2.24, 2.45) is 0 Å². The van der Waals surface area contributed by atoms with Gasteiger partial charge in [-0.1, -0.05) is 45.0 Å². The Labute approximate surface area is 165 Å². The van der Waals surface area contributed by atoms with Crippen LogP contribution in [0.25, 0.3) is 21.3 Å². The normalized spacial score (nSPS) is 11.5. The Hall–Kier alpha value is -1.65. The van der Waals surface area contributed by atoms with Gasteiger partial charge in [0.1, 0.15) is 10.6 Å². The molecule has 5 heteroatoms. The molecule has 0 spiro atoms. The molecule has 0 bridgehead atoms. The molecular formula is C21H26ClN3S. The molecule has 0 saturated heterocycles. The third-order valence-corrected chi connectivity index (χ3v) is 6.23. The van der Waals surface area contributed by atoms with Gasteiger partial charge in [0.05, 0.1) is 5.39 Å². The van der Waals surface area contributed by atoms with Crippen LogP contribution in [-0.2, 0) is 6.42 Å². The number of hydrogen-bond donors (Lipinski definition) is 0. The second-order valence-electron chi connectivity index (χ2n) is 6.70. The monoisotopic (exact) mass is 387 g/mol. The maximum atomic E-state index is 6.25. The van der Waals surface area contributed by atoms with E-state index >= 15 is 0 Å². The van der Waals surface area contributed by atoms with Gasteiger partial charge in [0.2, 0.25) is 5.28 Å². The van der Waals surface area contributed by atoms with Gasteiger partial charge < -0.3 is 4.90 Å². The number of rotatable bonds is 6. The number of nitrogens with zero attached hydrogens (tertiary/aromatic N) is 3. The van der Waals surface area contributed by atoms with Gasteiger partial charge in [-0.2, -0.15) is 4.98 Å². The smallest absolute Gasteiger partial charge is 0.225 e. The first-order valence-electron chi connectivity index (χ1n) is 9.34. The van der Waals surface area contributed by atoms with Gasteiger partial charge in [0, 0.05) is 23.5 Å². The van der Waals surface area contributed by atoms with Crippen molar-refractivity contribution in [1.29, 1.82) is 0 Å². The highest BCUT2D eigenvalue weighted by molar-refractivity contribution is 7.19. The highest BCUT2D eigenvalue weighted by Gasteiger charge is 2.21. The highest BCUT2D eigenvalue weighted by Crippen LogP contribution is 2.43. The SMILES string of the molecule is CCc1sc2nc(Cl)nc(N(CC)CC)c2c1-c1ccc(C(C)C)cc1. The van der Waals surface area contributed by atoms with Crippen LogP contribution in [0.4, 0.5) is 5.82 Å². The van der Waals surface area contributed by atoms with Crippen LogP contribution in [0.15, 0.2) is 24.3 Å². The molecule has 2 heterocycles. The van der Waals surface area contributed by atoms with Gasteiger partial charge in [0.25, 0.3) is 0 Å². The van der Waals surface area contributed by atoms with E-state index in [1.807, 2.05) is 0 Å². The van der Waals surface area contributed by atoms with Crippen LogP contribution >= 0.6 is 22.9 Å². The van der Waals surface area contributed by atoms with E-state index in [1.165, 1.54) is 21.6 Å². The number of fused-ring (bicyclic) bond motifs is 1. The van der Waals surface area contributed by atoms with Crippen molar-refractivity contribution in [3.05, 3.63) is 40.0 Å². The van der Waals surface area contributed by atoms with Gasteiger partial charge in [-0.25, -0.2) is 4.98 Å². The molecule has 3 rings (SSSR count). The van der Waals surface area contributed by atoms with E-state index in [-0.39, 0.29) is 0 Å². The average molecular weight is 388 g/mol. The molecule has 1 aromatic carbocycles. The van der Waals surface area contributed by atoms with E-state index in [1.54, 1.807) is 11.3 Å². The molecule has 138 valence electrons. The summed E-state index contributed by atoms with van der Waals surface area (Å²) in [5, 5.41) is 1.46. The van der Waals surface area contributed by atoms with E-state index in [4.69, 9.17) is 11.6 Å². The van der Waals surface area contributed by atoms with Crippen LogP contribution in [-0.4, -0.2) is 23.1 Å². The minimum absolute atomic E-state index is 0.324. The fraction of sp³-hybridized carbons (Fsp3) is 0.429. The standard InChI is InChI=1S/C21H26ClN3S/c1-6-16-17(15-11-9-14(10-12-15)13(4)5)18-19(25(7-2)8-3)23-21(22)24-20(18)26-16/h9-13H,6-8H2,1-5H3. The summed E-state index contributed by atoms with van der Waals surface area (Å²) >= 11 is 7.98. The molecule has 3 nitrogen and oxygen atoms in total. The number of thiophene rings is 1. The Morgan fingerprint density at radius 1 is 1.04 bits per heavy atom. The fourth-order valence-corrected chi connectivity index (χ4v) is 4.69. The summed E-state index contributed by atoms with van der Waals surface area (Å²) in [7, 11) is 0. The quantitative estimate of drug-likeness (QED) is 0.449. The summed E-state index contributed by atoms with van der Waals surface area (Å²) in [4.78, 5) is 13.7. The lowest BCUT2D eigenvalue weighted by molar-refractivity contribution is 0.849. The van der Waals surface area contributed by atoms with Gasteiger partial charge in [-0.3, -0.25) is 0 Å². The Balaban J connectivity index is 2.29. The number of aryl methyl sites for hydroxylation is 1. The van der Waals surface area contributed by atoms with Crippen molar-refractivity contribution >= 4 is 39.0 Å². The number of halogens is 1. The first-order chi connectivity index (χ1) is 12.5. The lowest BCUT2D eigenvalue weighted by Gasteiger charge is -2.21. The molecular weight excluding hydrogens is 362 g/mol. The summed E-state index contributed by atoms with van der Waals surface area (Å²) in [6.07, 6.45) is 0.970. The van der Waals surface area contributed by atoms with E-state index in [2.05, 4.69) is 73.8 Å². The molecule has 0 aliphatic rings. The third-order valence-electron chi connectivity index (χ3n) is 4.83. The molecule has 0 unspecified atom stereocenters. The maximum absolute atomic E-state index is 6.25. The van der Waals surface area contributed by atoms with Crippen LogP contribution in [0.1, 0.15) is 51.0 Å². The lowest BCUT2D eigenvalue weighted by Crippen LogP contribution is -2.23. The van der Waals surface area contributed by atoms with E-state index < -0.39 is 0 Å². The minimum atomic E-state index is 0.324. The summed E-state index contributed by atoms with van der Waals surface area (Å²) in [5.41, 5.74) is 3.85. The zero-order valence-corrected chi connectivity index (χ0v) is 17.7. The number of benzene rings is 1. The van der Waals surface area contributed by atoms with Crippen molar-refractivity contribution in [3.63, 3.8) is 0 Å². The molecule has 0 aliphatic heterocycles. The first-order valence-corrected chi connectivity index (χ1v) is 10.5. The van der Waals surface area contributed by atoms with Gasteiger partial charge in [-0.15, -0.1) is 11.3 Å². The molecule has 3 aromatic rings. The van der Waals surface area contributed by atoms with E-state index in [0.29, 0.717) is 11.2 Å². The van der Waals surface area contributed by atoms with Gasteiger partial charge >= 0.3 is 0 Å². The zero-order valence-electron chi connectivity index (χ0n) is 16.1. The number of anilines is 1. The van der Waals surface area contributed by atoms with Crippen LogP contribution < -0.4 is 4.90 Å². The summed E-state index contributed by atoms with van der Waals surface area (Å²) in [5.74, 6) is 1.48. The molecule has 2 aromatic heterocycles. The lowest BCUT2D eigenvalue weighted by atomic mass is 9.97. The Bertz CT molecular complexity index is 896. The van der Waals surface area contributed by atoms with Gasteiger partial charge in [0.15, 0.2) is 0 Å². The molecule has 0 saturated carbocycles. The van der Waals surface area contributed by atoms with Gasteiger partial charge in [-0.05, 0) is 48.9 Å². The Morgan fingerprint density at radius 3 is 2.23 bits per heavy atom. The molecule has 0 fully saturated rings. The van der Waals surface area contributed by atoms with Crippen LogP contribution in [0.5, 0.6) is 0 Å². The second kappa shape index (κ2) is 7.93. The van der Waals surface area contributed by atoms with Crippen LogP contribution in [0.3, 0.4) is 0 Å². The molecule has 0 N–H and O–H groups in total. The summed E-state index contributed by atoms with van der Waals surface area (Å²) in [6.45, 7) is 12.7. The largest absolute Gasteiger partial charge is 0.356 e. The number of aromatic nitrogens is 2. The predicted molar refractivity (Wildman–Crippen MR) is 115 cm³/mol. The number of hydrogen-bond acceptors (Lipinski definition) is 4. The van der Waals surface area contributed by atoms with Crippen molar-refractivity contribution in [1.82, 2.24) is 9.97 Å². The topological polar surface area (TPSA) is 29.0 Å². The molecule has 26 heavy (non-hydrogen) atoms. The summed E-state index contributed by atoms with van der Waals surface area (Å²) < 4.78 is 0. The van der Waals surface area contributed by atoms with Crippen molar-refractivity contribution in [2.45, 2.75) is 47.0 Å². The van der Waals surface area contributed by atoms with Crippen molar-refractivity contribution in [3.8, 4) is 11.1 Å². The molecule has 0 aliphatic carbocycles. The Morgan fingerprint density at radius 2 is 1.69 bits per heavy atom. The second-order valence-corrected chi connectivity index (χ2v) is 8.12. The Kier molecular flexibility index (Phi) is 5.83. The van der Waals surface area contributed by atoms with E-state index in [9.17, 15) is 0 Å². The summed E-state index contributed by atoms with van der Waals surface area (Å²) in [6, 6.07) is 8.93. The molecule has 0 amide bonds. The zero-order chi connectivity index (χ0) is 18.8. The predicted octanol–water partition coefficient (Wildman–Crippen LogP) is 6.54. The maximum Gasteiger partial charge on any atom is 0.225 e. The van der Waals surface area contributed by atoms with Crippen LogP contribution in [0.2, 0.25) is 5.28 Å². The van der Waals surface area contributed by atoms with Crippen molar-refractivity contribution < 1.29 is 0 Å². The minimum Gasteiger partial charge on any atom is -0.356 e. The highest BCUT2D eigenvalue weighted by atomic mass is 35.5. The third kappa shape index (κ3) is 3.45. The first kappa shape index (κ1) is 19.1.